The first-order chi connectivity index (χ1) is 10.5. The van der Waals surface area contributed by atoms with Crippen LogP contribution in [0.4, 0.5) is 4.39 Å². The van der Waals surface area contributed by atoms with E-state index in [1.165, 1.54) is 12.1 Å². The molecule has 0 radical (unpaired) electrons. The van der Waals surface area contributed by atoms with Gasteiger partial charge in [-0.3, -0.25) is 4.79 Å². The molecule has 4 nitrogen and oxygen atoms in total. The van der Waals surface area contributed by atoms with Crippen molar-refractivity contribution in [1.82, 2.24) is 10.5 Å². The Morgan fingerprint density at radius 3 is 3.05 bits per heavy atom. The Hall–Kier alpha value is -1.82. The lowest BCUT2D eigenvalue weighted by Gasteiger charge is -2.26. The van der Waals surface area contributed by atoms with E-state index >= 15 is 0 Å². The van der Waals surface area contributed by atoms with Gasteiger partial charge in [-0.05, 0) is 44.0 Å². The molecule has 0 aliphatic carbocycles. The summed E-state index contributed by atoms with van der Waals surface area (Å²) in [6, 6.07) is 4.62. The zero-order valence-electron chi connectivity index (χ0n) is 12.5. The van der Waals surface area contributed by atoms with Crippen LogP contribution >= 0.6 is 11.8 Å². The average Bonchev–Trinajstić information content (AvgIpc) is 2.80. The van der Waals surface area contributed by atoms with E-state index in [4.69, 9.17) is 4.52 Å². The van der Waals surface area contributed by atoms with Gasteiger partial charge in [0.2, 0.25) is 5.91 Å². The molecule has 3 rings (SSSR count). The average molecular weight is 320 g/mol. The molecule has 1 unspecified atom stereocenters. The van der Waals surface area contributed by atoms with E-state index in [9.17, 15) is 9.18 Å². The van der Waals surface area contributed by atoms with Gasteiger partial charge in [-0.1, -0.05) is 5.16 Å². The number of hydrogen-bond acceptors (Lipinski definition) is 4. The Balaban J connectivity index is 1.74. The minimum atomic E-state index is -0.272. The molecule has 1 amide bonds. The van der Waals surface area contributed by atoms with Crippen molar-refractivity contribution in [2.45, 2.75) is 37.6 Å². The highest BCUT2D eigenvalue weighted by atomic mass is 32.2. The number of fused-ring (bicyclic) bond motifs is 1. The first-order valence-corrected chi connectivity index (χ1v) is 8.16. The van der Waals surface area contributed by atoms with Crippen LogP contribution in [0.5, 0.6) is 0 Å². The summed E-state index contributed by atoms with van der Waals surface area (Å²) in [7, 11) is 0. The van der Waals surface area contributed by atoms with Crippen LogP contribution in [0, 0.1) is 19.7 Å². The first kappa shape index (κ1) is 15.1. The summed E-state index contributed by atoms with van der Waals surface area (Å²) in [5, 5.41) is 6.86. The number of rotatable bonds is 3. The molecular formula is C16H17FN2O2S. The fourth-order valence-corrected chi connectivity index (χ4v) is 3.78. The standard InChI is InChI=1S/C16H17FN2O2S/c1-9-12(10(2)21-19-9)8-16(20)18-14-5-6-22-15-4-3-11(17)7-13(14)15/h3-4,7,14H,5-6,8H2,1-2H3,(H,18,20). The summed E-state index contributed by atoms with van der Waals surface area (Å²) in [5.41, 5.74) is 2.42. The van der Waals surface area contributed by atoms with Crippen molar-refractivity contribution in [1.29, 1.82) is 0 Å². The molecule has 1 aliphatic rings. The topological polar surface area (TPSA) is 55.1 Å². The van der Waals surface area contributed by atoms with Crippen LogP contribution in [0.3, 0.4) is 0 Å². The summed E-state index contributed by atoms with van der Waals surface area (Å²) in [4.78, 5) is 13.3. The van der Waals surface area contributed by atoms with E-state index in [1.54, 1.807) is 24.8 Å². The summed E-state index contributed by atoms with van der Waals surface area (Å²) in [6.07, 6.45) is 1.03. The minimum Gasteiger partial charge on any atom is -0.361 e. The molecule has 0 saturated carbocycles. The third kappa shape index (κ3) is 3.02. The second kappa shape index (κ2) is 6.12. The molecule has 1 aromatic heterocycles. The predicted octanol–water partition coefficient (Wildman–Crippen LogP) is 3.33. The quantitative estimate of drug-likeness (QED) is 0.942. The lowest BCUT2D eigenvalue weighted by atomic mass is 10.0. The van der Waals surface area contributed by atoms with Crippen molar-refractivity contribution in [3.63, 3.8) is 0 Å². The smallest absolute Gasteiger partial charge is 0.225 e. The van der Waals surface area contributed by atoms with E-state index < -0.39 is 0 Å². The number of nitrogens with one attached hydrogen (secondary N) is 1. The van der Waals surface area contributed by atoms with Gasteiger partial charge in [-0.15, -0.1) is 11.8 Å². The minimum absolute atomic E-state index is 0.0958. The number of carbonyl (C=O) groups excluding carboxylic acids is 1. The van der Waals surface area contributed by atoms with E-state index in [1.807, 2.05) is 6.92 Å². The maximum atomic E-state index is 13.5. The Kier molecular flexibility index (Phi) is 4.20. The fourth-order valence-electron chi connectivity index (χ4n) is 2.68. The number of hydrogen-bond donors (Lipinski definition) is 1. The monoisotopic (exact) mass is 320 g/mol. The van der Waals surface area contributed by atoms with Gasteiger partial charge in [0.1, 0.15) is 11.6 Å². The number of halogens is 1. The highest BCUT2D eigenvalue weighted by Gasteiger charge is 2.23. The lowest BCUT2D eigenvalue weighted by Crippen LogP contribution is -2.32. The predicted molar refractivity (Wildman–Crippen MR) is 82.3 cm³/mol. The molecule has 0 bridgehead atoms. The van der Waals surface area contributed by atoms with Crippen LogP contribution in [0.1, 0.15) is 35.0 Å². The lowest BCUT2D eigenvalue weighted by molar-refractivity contribution is -0.121. The van der Waals surface area contributed by atoms with Crippen LogP contribution in [0.25, 0.3) is 0 Å². The van der Waals surface area contributed by atoms with Crippen LogP contribution in [-0.4, -0.2) is 16.8 Å². The molecule has 6 heteroatoms. The molecule has 2 heterocycles. The molecule has 0 fully saturated rings. The third-order valence-electron chi connectivity index (χ3n) is 3.87. The van der Waals surface area contributed by atoms with Gasteiger partial charge >= 0.3 is 0 Å². The molecule has 116 valence electrons. The largest absolute Gasteiger partial charge is 0.361 e. The maximum Gasteiger partial charge on any atom is 0.225 e. The number of thioether (sulfide) groups is 1. The SMILES string of the molecule is Cc1noc(C)c1CC(=O)NC1CCSc2ccc(F)cc21. The molecule has 0 saturated heterocycles. The summed E-state index contributed by atoms with van der Waals surface area (Å²) in [5.74, 6) is 1.21. The van der Waals surface area contributed by atoms with Crippen molar-refractivity contribution >= 4 is 17.7 Å². The van der Waals surface area contributed by atoms with Gasteiger partial charge in [0.25, 0.3) is 0 Å². The number of benzene rings is 1. The molecule has 1 N–H and O–H groups in total. The Labute approximate surface area is 132 Å². The van der Waals surface area contributed by atoms with Crippen LogP contribution < -0.4 is 5.32 Å². The number of nitrogens with zero attached hydrogens (tertiary/aromatic N) is 1. The fraction of sp³-hybridized carbons (Fsp3) is 0.375. The van der Waals surface area contributed by atoms with Crippen molar-refractivity contribution in [3.05, 3.63) is 46.6 Å². The summed E-state index contributed by atoms with van der Waals surface area (Å²) < 4.78 is 18.5. The van der Waals surface area contributed by atoms with Crippen LogP contribution in [0.15, 0.2) is 27.6 Å². The molecular weight excluding hydrogens is 303 g/mol. The first-order valence-electron chi connectivity index (χ1n) is 7.18. The van der Waals surface area contributed by atoms with Crippen LogP contribution in [-0.2, 0) is 11.2 Å². The number of aromatic nitrogens is 1. The zero-order valence-corrected chi connectivity index (χ0v) is 13.3. The van der Waals surface area contributed by atoms with Crippen LogP contribution in [0.2, 0.25) is 0 Å². The van der Waals surface area contributed by atoms with Gasteiger partial charge in [0.05, 0.1) is 18.2 Å². The number of aryl methyl sites for hydroxylation is 2. The van der Waals surface area contributed by atoms with Crippen molar-refractivity contribution in [2.75, 3.05) is 5.75 Å². The van der Waals surface area contributed by atoms with Crippen molar-refractivity contribution in [3.8, 4) is 0 Å². The van der Waals surface area contributed by atoms with Gasteiger partial charge < -0.3 is 9.84 Å². The van der Waals surface area contributed by atoms with E-state index in [-0.39, 0.29) is 24.2 Å². The van der Waals surface area contributed by atoms with Gasteiger partial charge in [0, 0.05) is 16.2 Å². The second-order valence-electron chi connectivity index (χ2n) is 5.42. The number of amides is 1. The maximum absolute atomic E-state index is 13.5. The molecule has 1 aromatic carbocycles. The van der Waals surface area contributed by atoms with E-state index in [0.717, 1.165) is 33.9 Å². The Bertz CT molecular complexity index is 695. The zero-order chi connectivity index (χ0) is 15.7. The Morgan fingerprint density at radius 1 is 1.50 bits per heavy atom. The summed E-state index contributed by atoms with van der Waals surface area (Å²) in [6.45, 7) is 3.62. The van der Waals surface area contributed by atoms with Gasteiger partial charge in [0.15, 0.2) is 0 Å². The van der Waals surface area contributed by atoms with Crippen molar-refractivity contribution in [2.24, 2.45) is 0 Å². The van der Waals surface area contributed by atoms with Crippen molar-refractivity contribution < 1.29 is 13.7 Å². The molecule has 22 heavy (non-hydrogen) atoms. The molecule has 1 aliphatic heterocycles. The molecule has 2 aromatic rings. The summed E-state index contributed by atoms with van der Waals surface area (Å²) >= 11 is 1.70. The van der Waals surface area contributed by atoms with Gasteiger partial charge in [-0.2, -0.15) is 0 Å². The second-order valence-corrected chi connectivity index (χ2v) is 6.56. The highest BCUT2D eigenvalue weighted by Crippen LogP contribution is 2.36. The highest BCUT2D eigenvalue weighted by molar-refractivity contribution is 7.99. The van der Waals surface area contributed by atoms with E-state index in [0.29, 0.717) is 5.76 Å². The third-order valence-corrected chi connectivity index (χ3v) is 4.99. The Morgan fingerprint density at radius 2 is 2.32 bits per heavy atom. The molecule has 0 spiro atoms. The number of carbonyl (C=O) groups is 1. The normalized spacial score (nSPS) is 17.1. The molecule has 1 atom stereocenters. The van der Waals surface area contributed by atoms with Gasteiger partial charge in [-0.25, -0.2) is 4.39 Å². The van der Waals surface area contributed by atoms with E-state index in [2.05, 4.69) is 10.5 Å².